The first-order valence-corrected chi connectivity index (χ1v) is 35.2. The highest BCUT2D eigenvalue weighted by atomic mass is 19.2. The number of nitrogens with zero attached hydrogens (tertiary/aromatic N) is 3. The van der Waals surface area contributed by atoms with Crippen molar-refractivity contribution in [3.63, 3.8) is 0 Å². The van der Waals surface area contributed by atoms with Gasteiger partial charge in [-0.15, -0.1) is 0 Å². The third-order valence-electron chi connectivity index (χ3n) is 20.5. The van der Waals surface area contributed by atoms with Gasteiger partial charge in [0.05, 0.1) is 104 Å². The van der Waals surface area contributed by atoms with Crippen LogP contribution in [0, 0.1) is 262 Å². The van der Waals surface area contributed by atoms with Crippen LogP contribution in [-0.2, 0) is 0 Å². The largest absolute Gasteiger partial charge is 0.926 e. The van der Waals surface area contributed by atoms with Gasteiger partial charge in [0.2, 0.25) is 52.4 Å². The van der Waals surface area contributed by atoms with E-state index < -0.39 is 452 Å². The number of benzene rings is 12. The highest BCUT2D eigenvalue weighted by molar-refractivity contribution is 6.38. The summed E-state index contributed by atoms with van der Waals surface area (Å²) in [6.07, 6.45) is 0. The maximum absolute atomic E-state index is 17.6. The molecule has 0 fully saturated rings. The Kier molecular flexibility index (Phi) is 23.6. The molecule has 0 bridgehead atoms. The minimum Gasteiger partial charge on any atom is -0.495 e. The summed E-state index contributed by atoms with van der Waals surface area (Å²) in [5.74, 6) is -164. The molecule has 0 aliphatic heterocycles. The van der Waals surface area contributed by atoms with Gasteiger partial charge in [-0.05, 0) is 36.4 Å². The molecule has 15 aromatic rings. The van der Waals surface area contributed by atoms with Crippen LogP contribution in [0.25, 0.3) is 133 Å². The summed E-state index contributed by atoms with van der Waals surface area (Å²) in [7, 11) is -5.46. The quantitative estimate of drug-likeness (QED) is 0.0369. The van der Waals surface area contributed by atoms with Crippen LogP contribution in [0.1, 0.15) is 0 Å². The lowest BCUT2D eigenvalue weighted by Crippen LogP contribution is -2.49. The van der Waals surface area contributed by atoms with Crippen molar-refractivity contribution in [3.8, 4) is 118 Å². The van der Waals surface area contributed by atoms with E-state index in [9.17, 15) is 13.2 Å². The van der Waals surface area contributed by atoms with Crippen LogP contribution in [0.2, 0.25) is 0 Å². The number of ether oxygens (including phenoxy) is 3. The summed E-state index contributed by atoms with van der Waals surface area (Å²) in [4.78, 5) is 0. The third kappa shape index (κ3) is 13.2. The van der Waals surface area contributed by atoms with E-state index in [4.69, 9.17) is 28.5 Å². The molecule has 3 heterocycles. The van der Waals surface area contributed by atoms with Gasteiger partial charge in [-0.1, -0.05) is 0 Å². The lowest BCUT2D eigenvalue weighted by molar-refractivity contribution is 0.0827. The van der Waals surface area contributed by atoms with Crippen LogP contribution in [0.15, 0.2) is 36.4 Å². The first-order chi connectivity index (χ1) is 63.7. The Morgan fingerprint density at radius 3 is 0.419 bits per heavy atom. The molecule has 3 aromatic heterocycles. The summed E-state index contributed by atoms with van der Waals surface area (Å²) in [5, 5.41) is -7.40. The van der Waals surface area contributed by atoms with Gasteiger partial charge in [0.15, 0.2) is 209 Å². The first-order valence-electron chi connectivity index (χ1n) is 35.2. The van der Waals surface area contributed by atoms with E-state index >= 15 is 184 Å². The SMILES string of the molecule is COc1c(-c2c(F)c(F)c(F)c(F)c2F)ccc2c1c(-c1c(F)c(F)c(F)c(F)c1F)c(-c1c(F)c(F)c(F)c(F)c1F)n2OB(On1c(-c2c(F)c(F)c(F)c(F)c2F)c(-c2c(F)c(F)c(F)c(F)c2F)c2c(OC)c(-c3c(F)c(F)c(F)c(F)c3F)ccc21)On1c(-c2c(F)c(F)c(F)c(F)c2F)c(-c2c(F)c(F)c(F)c(F)c2F)c2c(OC)c(-c3c(F)c(F)c(F)c(F)c3F)ccc21. The van der Waals surface area contributed by atoms with Gasteiger partial charge in [0.1, 0.15) is 34.3 Å². The topological polar surface area (TPSA) is 70.2 Å². The second-order valence-electron chi connectivity index (χ2n) is 27.3. The molecule has 55 heteroatoms. The molecule has 0 spiro atoms. The van der Waals surface area contributed by atoms with Crippen molar-refractivity contribution in [3.05, 3.63) is 298 Å². The van der Waals surface area contributed by atoms with E-state index in [-0.39, 0.29) is 39.5 Å². The van der Waals surface area contributed by atoms with E-state index in [0.717, 1.165) is 0 Å². The zero-order valence-corrected chi connectivity index (χ0v) is 63.8. The van der Waals surface area contributed by atoms with Gasteiger partial charge in [0.25, 0.3) is 0 Å². The van der Waals surface area contributed by atoms with Gasteiger partial charge in [-0.3, -0.25) is 0 Å². The van der Waals surface area contributed by atoms with Crippen LogP contribution in [-0.4, -0.2) is 42.8 Å². The summed E-state index contributed by atoms with van der Waals surface area (Å²) in [6, 6.07) is -2.49. The van der Waals surface area contributed by atoms with Gasteiger partial charge in [-0.2, -0.15) is 14.2 Å². The monoisotopic (exact) mass is 1990 g/mol. The number of methoxy groups -OCH3 is 3. The summed E-state index contributed by atoms with van der Waals surface area (Å²) >= 11 is 0. The maximum atomic E-state index is 17.6. The Hall–Kier alpha value is -15.0. The predicted octanol–water partition coefficient (Wildman–Crippen LogP) is 25.5. The summed E-state index contributed by atoms with van der Waals surface area (Å²) in [6.45, 7) is 0. The van der Waals surface area contributed by atoms with Crippen molar-refractivity contribution in [2.24, 2.45) is 0 Å². The van der Waals surface area contributed by atoms with E-state index in [0.29, 0.717) is 0 Å². The third-order valence-corrected chi connectivity index (χ3v) is 20.5. The Morgan fingerprint density at radius 2 is 0.279 bits per heavy atom. The average Bonchev–Trinajstić information content (AvgIpc) is 1.55. The van der Waals surface area contributed by atoms with Crippen molar-refractivity contribution in [2.75, 3.05) is 21.3 Å². The summed E-state index contributed by atoms with van der Waals surface area (Å²) in [5.41, 5.74) is -59.3. The number of fused-ring (bicyclic) bond motifs is 3. The molecular formula is C81H15BF45N3O6. The van der Waals surface area contributed by atoms with Crippen LogP contribution in [0.4, 0.5) is 198 Å². The van der Waals surface area contributed by atoms with Gasteiger partial charge in [-0.25, -0.2) is 198 Å². The van der Waals surface area contributed by atoms with E-state index in [1.54, 1.807) is 0 Å². The Labute approximate surface area is 715 Å². The fourth-order valence-electron chi connectivity index (χ4n) is 14.7. The number of halogens is 45. The predicted molar refractivity (Wildman–Crippen MR) is 368 cm³/mol. The lowest BCUT2D eigenvalue weighted by atomic mass is 9.93. The molecular weight excluding hydrogens is 1980 g/mol. The molecule has 0 N–H and O–H groups in total. The Bertz CT molecular complexity index is 6950. The van der Waals surface area contributed by atoms with Crippen molar-refractivity contribution in [1.29, 1.82) is 0 Å². The van der Waals surface area contributed by atoms with Crippen molar-refractivity contribution < 1.29 is 226 Å². The molecule has 0 aliphatic carbocycles. The fraction of sp³-hybridized carbons (Fsp3) is 0.0370. The fourth-order valence-corrected chi connectivity index (χ4v) is 14.7. The first kappa shape index (κ1) is 95.6. The van der Waals surface area contributed by atoms with Crippen LogP contribution in [0.3, 0.4) is 0 Å². The average molecular weight is 1990 g/mol. The zero-order chi connectivity index (χ0) is 100. The number of hydrogen-bond donors (Lipinski definition) is 0. The number of hydrogen-bond acceptors (Lipinski definition) is 6. The second-order valence-corrected chi connectivity index (χ2v) is 27.3. The van der Waals surface area contributed by atoms with Crippen molar-refractivity contribution in [2.45, 2.75) is 0 Å². The molecule has 708 valence electrons. The molecule has 0 saturated heterocycles. The normalized spacial score (nSPS) is 11.8. The molecule has 0 amide bonds. The van der Waals surface area contributed by atoms with Crippen LogP contribution >= 0.6 is 0 Å². The van der Waals surface area contributed by atoms with Crippen molar-refractivity contribution in [1.82, 2.24) is 14.2 Å². The van der Waals surface area contributed by atoms with Gasteiger partial charge >= 0.3 is 7.32 Å². The van der Waals surface area contributed by atoms with Gasteiger partial charge in [0, 0.05) is 33.4 Å². The Balaban J connectivity index is 1.27. The molecule has 0 unspecified atom stereocenters. The zero-order valence-electron chi connectivity index (χ0n) is 63.8. The lowest BCUT2D eigenvalue weighted by Gasteiger charge is -2.24. The summed E-state index contributed by atoms with van der Waals surface area (Å²) < 4.78 is 765. The standard InChI is InChI=1S/C81H15BF45N3O6/c1-131-79-10(16-31(83)49(101)67(119)50(102)32(16)84)4-7-13-19(79)22(25-37(89)55(107)70(122)56(108)38(25)90)76(28-43(95)61(113)73(125)62(114)44(28)96)128(13)134-82(135-129-14-8-5-11(17-33(85)51(103)68(120)52(104)34(17)86)80(132-2)20(14)23(26-39(91)57(109)71(123)58(110)40(26)92)77(129)29-45(97)63(115)74(126)64(116)46(29)98)136-130-15-9-6-12(18-35(87)53(105)69(121)54(106)36(18)88)81(133-3)21(15)24(27-41(93)59(111)72(124)60(112)42(27)94)78(130)30-47(99)65(117)75(127)66(118)48(30)100/h4-9H,1-3H3. The van der Waals surface area contributed by atoms with E-state index in [1.807, 2.05) is 0 Å². The Morgan fingerprint density at radius 1 is 0.154 bits per heavy atom. The molecule has 0 radical (unpaired) electrons. The second kappa shape index (κ2) is 33.6. The minimum atomic E-state index is -5.28. The molecule has 0 atom stereocenters. The van der Waals surface area contributed by atoms with Crippen molar-refractivity contribution >= 4 is 40.0 Å². The number of aromatic nitrogens is 3. The highest BCUT2D eigenvalue weighted by Crippen LogP contribution is 2.58. The molecule has 0 aliphatic rings. The molecule has 15 rings (SSSR count). The molecule has 0 saturated carbocycles. The minimum absolute atomic E-state index is 0.0602. The van der Waals surface area contributed by atoms with Crippen LogP contribution < -0.4 is 28.5 Å². The van der Waals surface area contributed by atoms with Crippen LogP contribution in [0.5, 0.6) is 17.2 Å². The maximum Gasteiger partial charge on any atom is 0.926 e. The molecule has 136 heavy (non-hydrogen) atoms. The highest BCUT2D eigenvalue weighted by Gasteiger charge is 2.50. The van der Waals surface area contributed by atoms with E-state index in [1.165, 1.54) is 0 Å². The van der Waals surface area contributed by atoms with Gasteiger partial charge < -0.3 is 28.5 Å². The smallest absolute Gasteiger partial charge is 0.495 e. The van der Waals surface area contributed by atoms with E-state index in [2.05, 4.69) is 0 Å². The molecule has 9 nitrogen and oxygen atoms in total. The molecule has 12 aromatic carbocycles. The number of rotatable bonds is 18.